The second-order valence-electron chi connectivity index (χ2n) is 4.22. The van der Waals surface area contributed by atoms with Gasteiger partial charge in [-0.3, -0.25) is 10.1 Å². The number of hydrogen-bond acceptors (Lipinski definition) is 4. The first-order valence-electron chi connectivity index (χ1n) is 6.41. The molecule has 0 atom stereocenters. The summed E-state index contributed by atoms with van der Waals surface area (Å²) >= 11 is 2.10. The summed E-state index contributed by atoms with van der Waals surface area (Å²) in [5.41, 5.74) is 0.883. The number of halogens is 1. The van der Waals surface area contributed by atoms with Crippen molar-refractivity contribution in [2.75, 3.05) is 13.2 Å². The van der Waals surface area contributed by atoms with Gasteiger partial charge in [-0.2, -0.15) is 0 Å². The number of amides is 3. The van der Waals surface area contributed by atoms with Crippen LogP contribution in [0, 0.1) is 15.9 Å². The van der Waals surface area contributed by atoms with Crippen molar-refractivity contribution in [3.63, 3.8) is 0 Å². The van der Waals surface area contributed by atoms with E-state index in [9.17, 15) is 9.59 Å². The molecule has 0 aliphatic carbocycles. The van der Waals surface area contributed by atoms with Gasteiger partial charge in [0, 0.05) is 0 Å². The van der Waals surface area contributed by atoms with E-state index in [1.165, 1.54) is 0 Å². The maximum Gasteiger partial charge on any atom is 0.326 e. The van der Waals surface area contributed by atoms with Crippen LogP contribution in [0.15, 0.2) is 17.8 Å². The van der Waals surface area contributed by atoms with E-state index in [1.54, 1.807) is 18.2 Å². The van der Waals surface area contributed by atoms with Gasteiger partial charge in [-0.25, -0.2) is 4.79 Å². The normalized spacial score (nSPS) is 15.2. The minimum atomic E-state index is -0.537. The molecule has 1 aromatic rings. The van der Waals surface area contributed by atoms with Gasteiger partial charge in [0.05, 0.1) is 10.2 Å². The molecule has 0 spiro atoms. The Morgan fingerprint density at radius 2 is 2.09 bits per heavy atom. The topological polar surface area (TPSA) is 76.7 Å². The highest BCUT2D eigenvalue weighted by Crippen LogP contribution is 2.34. The molecule has 114 valence electrons. The van der Waals surface area contributed by atoms with Crippen LogP contribution >= 0.6 is 22.6 Å². The summed E-state index contributed by atoms with van der Waals surface area (Å²) in [5.74, 6) is 3.02. The maximum atomic E-state index is 11.6. The van der Waals surface area contributed by atoms with Crippen LogP contribution in [0.5, 0.6) is 11.5 Å². The van der Waals surface area contributed by atoms with E-state index in [4.69, 9.17) is 15.9 Å². The van der Waals surface area contributed by atoms with Crippen molar-refractivity contribution < 1.29 is 19.1 Å². The van der Waals surface area contributed by atoms with Crippen LogP contribution in [-0.2, 0) is 4.79 Å². The molecule has 7 heteroatoms. The van der Waals surface area contributed by atoms with Gasteiger partial charge in [0.15, 0.2) is 11.5 Å². The lowest BCUT2D eigenvalue weighted by Gasteiger charge is -2.13. The van der Waals surface area contributed by atoms with Crippen LogP contribution in [0.4, 0.5) is 4.79 Å². The summed E-state index contributed by atoms with van der Waals surface area (Å²) in [6, 6.07) is 2.99. The van der Waals surface area contributed by atoms with Gasteiger partial charge in [0.1, 0.15) is 12.3 Å². The Hall–Kier alpha value is -2.21. The highest BCUT2D eigenvalue weighted by molar-refractivity contribution is 14.1. The molecule has 22 heavy (non-hydrogen) atoms. The zero-order chi connectivity index (χ0) is 16.1. The van der Waals surface area contributed by atoms with Gasteiger partial charge in [-0.05, 0) is 53.3 Å². The molecule has 0 aromatic heterocycles. The summed E-state index contributed by atoms with van der Waals surface area (Å²) in [4.78, 5) is 22.7. The fourth-order valence-corrected chi connectivity index (χ4v) is 2.62. The Morgan fingerprint density at radius 1 is 1.32 bits per heavy atom. The van der Waals surface area contributed by atoms with Crippen LogP contribution in [0.3, 0.4) is 0 Å². The third-order valence-electron chi connectivity index (χ3n) is 2.66. The van der Waals surface area contributed by atoms with Crippen LogP contribution in [0.1, 0.15) is 12.5 Å². The van der Waals surface area contributed by atoms with Crippen molar-refractivity contribution in [3.05, 3.63) is 27.0 Å². The molecule has 0 unspecified atom stereocenters. The Bertz CT molecular complexity index is 692. The lowest BCUT2D eigenvalue weighted by Crippen LogP contribution is -2.22. The molecule has 1 heterocycles. The third kappa shape index (κ3) is 3.71. The van der Waals surface area contributed by atoms with E-state index in [0.717, 1.165) is 3.57 Å². The molecule has 0 bridgehead atoms. The van der Waals surface area contributed by atoms with Crippen LogP contribution < -0.4 is 20.1 Å². The van der Waals surface area contributed by atoms with E-state index in [0.29, 0.717) is 23.7 Å². The Labute approximate surface area is 141 Å². The van der Waals surface area contributed by atoms with Crippen LogP contribution in [-0.4, -0.2) is 25.2 Å². The monoisotopic (exact) mass is 412 g/mol. The predicted octanol–water partition coefficient (Wildman–Crippen LogP) is 1.88. The van der Waals surface area contributed by atoms with Crippen molar-refractivity contribution >= 4 is 40.6 Å². The van der Waals surface area contributed by atoms with E-state index in [1.807, 2.05) is 6.92 Å². The molecule has 1 saturated heterocycles. The SMILES string of the molecule is C#CCOc1c(I)cc(/C=C2\NC(=O)NC2=O)cc1OCC. The van der Waals surface area contributed by atoms with E-state index < -0.39 is 11.9 Å². The lowest BCUT2D eigenvalue weighted by molar-refractivity contribution is -0.115. The quantitative estimate of drug-likeness (QED) is 0.335. The molecule has 6 nitrogen and oxygen atoms in total. The summed E-state index contributed by atoms with van der Waals surface area (Å²) in [6.07, 6.45) is 6.77. The molecule has 0 radical (unpaired) electrons. The highest BCUT2D eigenvalue weighted by Gasteiger charge is 2.23. The van der Waals surface area contributed by atoms with Gasteiger partial charge >= 0.3 is 6.03 Å². The summed E-state index contributed by atoms with van der Waals surface area (Å²) in [5, 5.41) is 4.58. The molecule has 2 rings (SSSR count). The largest absolute Gasteiger partial charge is 0.490 e. The average Bonchev–Trinajstić information content (AvgIpc) is 2.76. The molecule has 3 amide bonds. The molecule has 1 fully saturated rings. The molecule has 1 aliphatic rings. The van der Waals surface area contributed by atoms with Crippen molar-refractivity contribution in [3.8, 4) is 23.8 Å². The van der Waals surface area contributed by atoms with Crippen molar-refractivity contribution in [1.82, 2.24) is 10.6 Å². The number of ether oxygens (including phenoxy) is 2. The van der Waals surface area contributed by atoms with E-state index in [-0.39, 0.29) is 12.3 Å². The molecule has 0 saturated carbocycles. The number of nitrogens with one attached hydrogen (secondary N) is 2. The summed E-state index contributed by atoms with van der Waals surface area (Å²) < 4.78 is 11.8. The molecule has 1 aliphatic heterocycles. The first kappa shape index (κ1) is 16.2. The second kappa shape index (κ2) is 7.17. The average molecular weight is 412 g/mol. The molecular formula is C15H13IN2O4. The van der Waals surface area contributed by atoms with Crippen LogP contribution in [0.25, 0.3) is 6.08 Å². The lowest BCUT2D eigenvalue weighted by atomic mass is 10.1. The van der Waals surface area contributed by atoms with Crippen molar-refractivity contribution in [2.24, 2.45) is 0 Å². The smallest absolute Gasteiger partial charge is 0.326 e. The Kier molecular flexibility index (Phi) is 5.27. The van der Waals surface area contributed by atoms with E-state index in [2.05, 4.69) is 39.1 Å². The Morgan fingerprint density at radius 3 is 2.68 bits per heavy atom. The molecule has 2 N–H and O–H groups in total. The van der Waals surface area contributed by atoms with E-state index >= 15 is 0 Å². The molecule has 1 aromatic carbocycles. The zero-order valence-electron chi connectivity index (χ0n) is 11.7. The number of hydrogen-bond donors (Lipinski definition) is 2. The minimum absolute atomic E-state index is 0.134. The maximum absolute atomic E-state index is 11.6. The third-order valence-corrected chi connectivity index (χ3v) is 3.46. The fourth-order valence-electron chi connectivity index (χ4n) is 1.84. The minimum Gasteiger partial charge on any atom is -0.490 e. The highest BCUT2D eigenvalue weighted by atomic mass is 127. The van der Waals surface area contributed by atoms with Crippen molar-refractivity contribution in [2.45, 2.75) is 6.92 Å². The first-order valence-corrected chi connectivity index (χ1v) is 7.49. The van der Waals surface area contributed by atoms with Crippen LogP contribution in [0.2, 0.25) is 0 Å². The number of imide groups is 1. The van der Waals surface area contributed by atoms with Gasteiger partial charge < -0.3 is 14.8 Å². The zero-order valence-corrected chi connectivity index (χ0v) is 13.9. The fraction of sp³-hybridized carbons (Fsp3) is 0.200. The van der Waals surface area contributed by atoms with Crippen molar-refractivity contribution in [1.29, 1.82) is 0 Å². The van der Waals surface area contributed by atoms with Gasteiger partial charge in [-0.15, -0.1) is 6.42 Å². The summed E-state index contributed by atoms with van der Waals surface area (Å²) in [7, 11) is 0. The van der Waals surface area contributed by atoms with Gasteiger partial charge in [0.25, 0.3) is 5.91 Å². The van der Waals surface area contributed by atoms with Gasteiger partial charge in [-0.1, -0.05) is 5.92 Å². The number of carbonyl (C=O) groups excluding carboxylic acids is 2. The predicted molar refractivity (Wildman–Crippen MR) is 89.3 cm³/mol. The first-order chi connectivity index (χ1) is 10.5. The standard InChI is InChI=1S/C15H13IN2O4/c1-3-5-22-13-10(16)6-9(8-12(13)21-4-2)7-11-14(19)18-15(20)17-11/h1,6-8H,4-5H2,2H3,(H2,17,18,19,20)/b11-7-. The number of carbonyl (C=O) groups is 2. The summed E-state index contributed by atoms with van der Waals surface area (Å²) in [6.45, 7) is 2.45. The molecular weight excluding hydrogens is 399 g/mol. The number of rotatable bonds is 5. The Balaban J connectivity index is 2.38. The number of urea groups is 1. The number of benzene rings is 1. The second-order valence-corrected chi connectivity index (χ2v) is 5.38. The number of terminal acetylenes is 1. The van der Waals surface area contributed by atoms with Gasteiger partial charge in [0.2, 0.25) is 0 Å².